The Morgan fingerprint density at radius 2 is 1.96 bits per heavy atom. The van der Waals surface area contributed by atoms with Crippen LogP contribution in [0.4, 0.5) is 10.3 Å². The average molecular weight is 400 g/mol. The summed E-state index contributed by atoms with van der Waals surface area (Å²) in [5.41, 5.74) is 1.07. The average Bonchev–Trinajstić information content (AvgIpc) is 3.31. The third kappa shape index (κ3) is 3.44. The Labute approximate surface area is 164 Å². The Hall–Kier alpha value is -3.33. The van der Waals surface area contributed by atoms with Crippen molar-refractivity contribution in [3.05, 3.63) is 59.4 Å². The maximum atomic E-state index is 14.0. The lowest BCUT2D eigenvalue weighted by Gasteiger charge is -2.15. The Bertz CT molecular complexity index is 1110. The van der Waals surface area contributed by atoms with Gasteiger partial charge in [-0.2, -0.15) is 4.98 Å². The molecule has 142 valence electrons. The van der Waals surface area contributed by atoms with Gasteiger partial charge in [0.15, 0.2) is 11.6 Å². The normalized spacial score (nSPS) is 11.0. The van der Waals surface area contributed by atoms with Crippen LogP contribution < -0.4 is 4.90 Å². The van der Waals surface area contributed by atoms with Crippen LogP contribution in [0, 0.1) is 5.82 Å². The lowest BCUT2D eigenvalue weighted by atomic mass is 10.2. The molecule has 4 aromatic rings. The summed E-state index contributed by atoms with van der Waals surface area (Å²) in [7, 11) is 3.70. The molecule has 1 aromatic carbocycles. The number of pyridine rings is 1. The molecule has 3 heterocycles. The van der Waals surface area contributed by atoms with Gasteiger partial charge in [0.1, 0.15) is 5.82 Å². The number of anilines is 1. The highest BCUT2D eigenvalue weighted by atomic mass is 35.5. The molecule has 0 amide bonds. The molecule has 0 spiro atoms. The molecule has 4 rings (SSSR count). The molecule has 3 aromatic heterocycles. The van der Waals surface area contributed by atoms with Crippen LogP contribution in [0.1, 0.15) is 5.82 Å². The third-order valence-electron chi connectivity index (χ3n) is 4.14. The van der Waals surface area contributed by atoms with Gasteiger partial charge in [-0.25, -0.2) is 4.39 Å². The fourth-order valence-corrected chi connectivity index (χ4v) is 2.95. The van der Waals surface area contributed by atoms with Crippen LogP contribution in [0.5, 0.6) is 0 Å². The van der Waals surface area contributed by atoms with Crippen molar-refractivity contribution in [2.24, 2.45) is 7.05 Å². The van der Waals surface area contributed by atoms with Gasteiger partial charge >= 0.3 is 0 Å². The molecule has 0 bridgehead atoms. The molecule has 0 saturated carbocycles. The van der Waals surface area contributed by atoms with Crippen molar-refractivity contribution in [1.29, 1.82) is 0 Å². The predicted molar refractivity (Wildman–Crippen MR) is 101 cm³/mol. The zero-order valence-corrected chi connectivity index (χ0v) is 15.8. The Morgan fingerprint density at radius 1 is 1.18 bits per heavy atom. The maximum absolute atomic E-state index is 14.0. The zero-order valence-electron chi connectivity index (χ0n) is 15.0. The lowest BCUT2D eigenvalue weighted by molar-refractivity contribution is 0.420. The summed E-state index contributed by atoms with van der Waals surface area (Å²) in [5, 5.41) is 12.8. The van der Waals surface area contributed by atoms with E-state index in [0.717, 1.165) is 5.56 Å². The van der Waals surface area contributed by atoms with E-state index in [9.17, 15) is 4.39 Å². The SMILES string of the molecule is CN(Cc1noc(-c2cc(Cl)ccc2F)n1)c1nnc(-c2ccncc2)n1C. The summed E-state index contributed by atoms with van der Waals surface area (Å²) in [4.78, 5) is 10.1. The van der Waals surface area contributed by atoms with Gasteiger partial charge in [-0.05, 0) is 30.3 Å². The van der Waals surface area contributed by atoms with Gasteiger partial charge < -0.3 is 9.42 Å². The number of hydrogen-bond donors (Lipinski definition) is 0. The summed E-state index contributed by atoms with van der Waals surface area (Å²) < 4.78 is 21.0. The topological polar surface area (TPSA) is 85.8 Å². The minimum Gasteiger partial charge on any atom is -0.336 e. The monoisotopic (exact) mass is 399 g/mol. The van der Waals surface area contributed by atoms with Crippen molar-refractivity contribution in [3.63, 3.8) is 0 Å². The number of aromatic nitrogens is 6. The first-order valence-corrected chi connectivity index (χ1v) is 8.69. The first-order valence-electron chi connectivity index (χ1n) is 8.32. The van der Waals surface area contributed by atoms with E-state index in [1.165, 1.54) is 18.2 Å². The molecule has 0 aliphatic carbocycles. The molecule has 0 unspecified atom stereocenters. The van der Waals surface area contributed by atoms with Gasteiger partial charge in [0.25, 0.3) is 5.89 Å². The van der Waals surface area contributed by atoms with E-state index in [2.05, 4.69) is 25.3 Å². The molecule has 10 heteroatoms. The van der Waals surface area contributed by atoms with Crippen molar-refractivity contribution >= 4 is 17.5 Å². The van der Waals surface area contributed by atoms with E-state index < -0.39 is 5.82 Å². The third-order valence-corrected chi connectivity index (χ3v) is 4.37. The highest BCUT2D eigenvalue weighted by Gasteiger charge is 2.18. The second kappa shape index (κ2) is 7.35. The highest BCUT2D eigenvalue weighted by molar-refractivity contribution is 6.30. The molecule has 8 nitrogen and oxygen atoms in total. The van der Waals surface area contributed by atoms with Gasteiger partial charge in [-0.1, -0.05) is 16.8 Å². The second-order valence-electron chi connectivity index (χ2n) is 6.11. The molecule has 0 saturated heterocycles. The van der Waals surface area contributed by atoms with E-state index >= 15 is 0 Å². The van der Waals surface area contributed by atoms with Gasteiger partial charge in [-0.3, -0.25) is 9.55 Å². The van der Waals surface area contributed by atoms with Crippen molar-refractivity contribution in [2.75, 3.05) is 11.9 Å². The largest absolute Gasteiger partial charge is 0.336 e. The lowest BCUT2D eigenvalue weighted by Crippen LogP contribution is -2.21. The second-order valence-corrected chi connectivity index (χ2v) is 6.55. The number of nitrogens with zero attached hydrogens (tertiary/aromatic N) is 7. The van der Waals surface area contributed by atoms with Crippen LogP contribution in [0.2, 0.25) is 5.02 Å². The van der Waals surface area contributed by atoms with Crippen molar-refractivity contribution in [2.45, 2.75) is 6.54 Å². The van der Waals surface area contributed by atoms with Crippen LogP contribution >= 0.6 is 11.6 Å². The quantitative estimate of drug-likeness (QED) is 0.508. The Balaban J connectivity index is 1.55. The molecule has 28 heavy (non-hydrogen) atoms. The fourth-order valence-electron chi connectivity index (χ4n) is 2.78. The summed E-state index contributed by atoms with van der Waals surface area (Å²) in [5.74, 6) is 1.29. The van der Waals surface area contributed by atoms with Crippen molar-refractivity contribution in [3.8, 4) is 22.8 Å². The van der Waals surface area contributed by atoms with Gasteiger partial charge in [0.2, 0.25) is 5.95 Å². The van der Waals surface area contributed by atoms with Crippen molar-refractivity contribution in [1.82, 2.24) is 29.9 Å². The molecule has 0 aliphatic rings. The first kappa shape index (κ1) is 18.1. The molecule has 0 aliphatic heterocycles. The van der Waals surface area contributed by atoms with Crippen molar-refractivity contribution < 1.29 is 8.91 Å². The van der Waals surface area contributed by atoms with Crippen LogP contribution in [0.3, 0.4) is 0 Å². The molecule has 0 fully saturated rings. The van der Waals surface area contributed by atoms with Crippen LogP contribution in [0.25, 0.3) is 22.8 Å². The molecular formula is C18H15ClFN7O. The van der Waals surface area contributed by atoms with Gasteiger partial charge in [-0.15, -0.1) is 10.2 Å². The van der Waals surface area contributed by atoms with E-state index in [-0.39, 0.29) is 11.5 Å². The molecule has 0 radical (unpaired) electrons. The van der Waals surface area contributed by atoms with Crippen LogP contribution in [-0.4, -0.2) is 36.9 Å². The van der Waals surface area contributed by atoms with E-state index in [1.54, 1.807) is 12.4 Å². The fraction of sp³-hybridized carbons (Fsp3) is 0.167. The number of hydrogen-bond acceptors (Lipinski definition) is 7. The number of halogens is 2. The minimum atomic E-state index is -0.483. The highest BCUT2D eigenvalue weighted by Crippen LogP contribution is 2.25. The maximum Gasteiger partial charge on any atom is 0.261 e. The first-order chi connectivity index (χ1) is 13.5. The molecule has 0 atom stereocenters. The van der Waals surface area contributed by atoms with Crippen LogP contribution in [-0.2, 0) is 13.6 Å². The smallest absolute Gasteiger partial charge is 0.261 e. The van der Waals surface area contributed by atoms with E-state index in [1.807, 2.05) is 35.7 Å². The standard InChI is InChI=1S/C18H15ClFN7O/c1-26(18-24-23-16(27(18)2)11-5-7-21-8-6-11)10-15-22-17(28-25-15)13-9-12(19)3-4-14(13)20/h3-9H,10H2,1-2H3. The molecular weight excluding hydrogens is 385 g/mol. The van der Waals surface area contributed by atoms with E-state index in [4.69, 9.17) is 16.1 Å². The summed E-state index contributed by atoms with van der Waals surface area (Å²) in [6.45, 7) is 0.300. The number of rotatable bonds is 5. The van der Waals surface area contributed by atoms with Gasteiger partial charge in [0.05, 0.1) is 12.1 Å². The van der Waals surface area contributed by atoms with Crippen LogP contribution in [0.15, 0.2) is 47.2 Å². The molecule has 0 N–H and O–H groups in total. The van der Waals surface area contributed by atoms with Gasteiger partial charge in [0, 0.05) is 37.1 Å². The summed E-state index contributed by atoms with van der Waals surface area (Å²) in [6.07, 6.45) is 3.40. The Kier molecular flexibility index (Phi) is 4.74. The number of benzene rings is 1. The predicted octanol–water partition coefficient (Wildman–Crippen LogP) is 3.36. The summed E-state index contributed by atoms with van der Waals surface area (Å²) in [6, 6.07) is 7.88. The minimum absolute atomic E-state index is 0.0684. The van der Waals surface area contributed by atoms with E-state index in [0.29, 0.717) is 29.2 Å². The Morgan fingerprint density at radius 3 is 2.75 bits per heavy atom. The summed E-state index contributed by atoms with van der Waals surface area (Å²) >= 11 is 5.92. The zero-order chi connectivity index (χ0) is 19.7.